The average molecular weight is 647 g/mol. The van der Waals surface area contributed by atoms with Crippen LogP contribution in [-0.4, -0.2) is 87.0 Å². The summed E-state index contributed by atoms with van der Waals surface area (Å²) in [7, 11) is 5.83. The van der Waals surface area contributed by atoms with Gasteiger partial charge in [-0.15, -0.1) is 0 Å². The Kier molecular flexibility index (Phi) is 8.32. The molecular formula is C37H42N8O3. The van der Waals surface area contributed by atoms with Gasteiger partial charge in [-0.3, -0.25) is 24.0 Å². The fraction of sp³-hybridized carbons (Fsp3) is 0.405. The van der Waals surface area contributed by atoms with Crippen LogP contribution in [0.3, 0.4) is 0 Å². The minimum absolute atomic E-state index is 0.0860. The summed E-state index contributed by atoms with van der Waals surface area (Å²) < 4.78 is 1.85. The van der Waals surface area contributed by atoms with Crippen molar-refractivity contribution in [2.24, 2.45) is 7.05 Å². The Morgan fingerprint density at radius 2 is 1.73 bits per heavy atom. The number of aryl methyl sites for hydroxylation is 2. The number of amides is 3. The molecule has 4 aromatic rings. The highest BCUT2D eigenvalue weighted by atomic mass is 16.2. The largest absolute Gasteiger partial charge is 0.344 e. The summed E-state index contributed by atoms with van der Waals surface area (Å²) >= 11 is 0. The van der Waals surface area contributed by atoms with Crippen molar-refractivity contribution in [3.8, 4) is 0 Å². The number of carbonyl (C=O) groups is 3. The zero-order chi connectivity index (χ0) is 33.6. The van der Waals surface area contributed by atoms with E-state index in [2.05, 4.69) is 61.9 Å². The van der Waals surface area contributed by atoms with E-state index in [1.165, 1.54) is 0 Å². The van der Waals surface area contributed by atoms with Crippen molar-refractivity contribution in [1.29, 1.82) is 0 Å². The first-order chi connectivity index (χ1) is 23.1. The minimum Gasteiger partial charge on any atom is -0.344 e. The van der Waals surface area contributed by atoms with Crippen LogP contribution in [0.15, 0.2) is 48.9 Å². The van der Waals surface area contributed by atoms with E-state index < -0.39 is 17.4 Å². The Balaban J connectivity index is 1.21. The summed E-state index contributed by atoms with van der Waals surface area (Å²) in [6, 6.07) is 7.16. The molecule has 0 radical (unpaired) electrons. The first kappa shape index (κ1) is 31.7. The maximum absolute atomic E-state index is 13.9. The van der Waals surface area contributed by atoms with Crippen LogP contribution in [0.2, 0.25) is 0 Å². The molecule has 0 saturated carbocycles. The maximum Gasteiger partial charge on any atom is 0.270 e. The predicted octanol–water partition coefficient (Wildman–Crippen LogP) is 3.59. The van der Waals surface area contributed by atoms with Crippen molar-refractivity contribution < 1.29 is 14.4 Å². The zero-order valence-corrected chi connectivity index (χ0v) is 28.0. The van der Waals surface area contributed by atoms with E-state index in [0.717, 1.165) is 76.6 Å². The number of hydrogen-bond acceptors (Lipinski definition) is 7. The number of carbonyl (C=O) groups excluding carboxylic acids is 3. The molecule has 1 spiro atoms. The standard InChI is InChI=1S/C37H42N8O3/c1-23-13-25(14-27-22-40-45(4)32(23)27)16-31-35(47)44(3)12-7-5-6-10-43(2)11-8-9-24-15-29-33(39-20-24)42-36(48)37(29)18-26-17-30(34(46)41-31)38-21-28(26)19-37/h8-9,13-15,17,20-22,31H,5-7,10-12,16,18-19H2,1-4H3,(H,41,46)(H,39,42,48)/b9-8+/t31-,37-/m1/s1. The highest BCUT2D eigenvalue weighted by molar-refractivity contribution is 6.06. The molecule has 0 saturated heterocycles. The Labute approximate surface area is 280 Å². The van der Waals surface area contributed by atoms with E-state index >= 15 is 0 Å². The number of nitrogens with zero attached hydrogens (tertiary/aromatic N) is 6. The van der Waals surface area contributed by atoms with Gasteiger partial charge in [0, 0.05) is 56.9 Å². The van der Waals surface area contributed by atoms with E-state index in [9.17, 15) is 14.4 Å². The molecule has 1 aliphatic carbocycles. The van der Waals surface area contributed by atoms with Crippen molar-refractivity contribution >= 4 is 40.5 Å². The van der Waals surface area contributed by atoms with Crippen LogP contribution in [0.4, 0.5) is 5.82 Å². The van der Waals surface area contributed by atoms with Crippen LogP contribution in [0.5, 0.6) is 0 Å². The fourth-order valence-corrected chi connectivity index (χ4v) is 7.58. The minimum atomic E-state index is -0.802. The van der Waals surface area contributed by atoms with Crippen LogP contribution in [0.25, 0.3) is 17.0 Å². The summed E-state index contributed by atoms with van der Waals surface area (Å²) in [5.41, 5.74) is 6.13. The maximum atomic E-state index is 13.9. The Morgan fingerprint density at radius 1 is 0.917 bits per heavy atom. The topological polar surface area (TPSA) is 125 Å². The number of fused-ring (bicyclic) bond motifs is 3. The van der Waals surface area contributed by atoms with Crippen LogP contribution < -0.4 is 10.6 Å². The van der Waals surface area contributed by atoms with E-state index in [4.69, 9.17) is 0 Å². The van der Waals surface area contributed by atoms with Gasteiger partial charge < -0.3 is 20.4 Å². The number of rotatable bonds is 2. The van der Waals surface area contributed by atoms with Crippen LogP contribution in [0.1, 0.15) is 63.1 Å². The lowest BCUT2D eigenvalue weighted by atomic mass is 9.79. The van der Waals surface area contributed by atoms with Gasteiger partial charge in [-0.1, -0.05) is 24.6 Å². The molecule has 11 heteroatoms. The van der Waals surface area contributed by atoms with Crippen molar-refractivity contribution in [3.05, 3.63) is 88.0 Å². The summed E-state index contributed by atoms with van der Waals surface area (Å²) in [5.74, 6) is -0.0516. The van der Waals surface area contributed by atoms with Gasteiger partial charge in [0.2, 0.25) is 11.8 Å². The van der Waals surface area contributed by atoms with Gasteiger partial charge in [0.1, 0.15) is 17.6 Å². The van der Waals surface area contributed by atoms with Gasteiger partial charge in [0.15, 0.2) is 0 Å². The fourth-order valence-electron chi connectivity index (χ4n) is 7.58. The van der Waals surface area contributed by atoms with Crippen molar-refractivity contribution in [2.45, 2.75) is 56.9 Å². The molecule has 2 aliphatic heterocycles. The Morgan fingerprint density at radius 3 is 2.58 bits per heavy atom. The number of likely N-dealkylation sites (N-methyl/N-ethyl adjacent to an activating group) is 2. The lowest BCUT2D eigenvalue weighted by Crippen LogP contribution is -2.49. The van der Waals surface area contributed by atoms with Gasteiger partial charge in [0.05, 0.1) is 17.1 Å². The second kappa shape index (κ2) is 12.6. The first-order valence-electron chi connectivity index (χ1n) is 16.7. The quantitative estimate of drug-likeness (QED) is 0.341. The molecule has 3 aliphatic rings. The predicted molar refractivity (Wildman–Crippen MR) is 185 cm³/mol. The van der Waals surface area contributed by atoms with Crippen LogP contribution >= 0.6 is 0 Å². The van der Waals surface area contributed by atoms with E-state index in [-0.39, 0.29) is 17.5 Å². The number of benzene rings is 1. The molecule has 3 aromatic heterocycles. The first-order valence-corrected chi connectivity index (χ1v) is 16.7. The van der Waals surface area contributed by atoms with E-state index in [1.54, 1.807) is 23.4 Å². The summed E-state index contributed by atoms with van der Waals surface area (Å²) in [6.45, 7) is 4.37. The molecular weight excluding hydrogens is 604 g/mol. The summed E-state index contributed by atoms with van der Waals surface area (Å²) in [5, 5.41) is 11.4. The lowest BCUT2D eigenvalue weighted by molar-refractivity contribution is -0.132. The smallest absolute Gasteiger partial charge is 0.270 e. The number of pyridine rings is 2. The molecule has 2 N–H and O–H groups in total. The highest BCUT2D eigenvalue weighted by Gasteiger charge is 2.51. The Hall–Kier alpha value is -4.90. The van der Waals surface area contributed by atoms with Crippen molar-refractivity contribution in [1.82, 2.24) is 34.9 Å². The molecule has 7 rings (SSSR count). The average Bonchev–Trinajstić information content (AvgIpc) is 3.72. The molecule has 0 fully saturated rings. The third kappa shape index (κ3) is 5.87. The molecule has 5 heterocycles. The highest BCUT2D eigenvalue weighted by Crippen LogP contribution is 2.47. The monoisotopic (exact) mass is 646 g/mol. The van der Waals surface area contributed by atoms with E-state index in [0.29, 0.717) is 31.6 Å². The van der Waals surface area contributed by atoms with Gasteiger partial charge in [-0.25, -0.2) is 4.98 Å². The molecule has 1 aromatic carbocycles. The number of nitrogens with one attached hydrogen (secondary N) is 2. The Bertz CT molecular complexity index is 1970. The summed E-state index contributed by atoms with van der Waals surface area (Å²) in [6.07, 6.45) is 13.6. The van der Waals surface area contributed by atoms with Gasteiger partial charge in [-0.05, 0) is 92.2 Å². The van der Waals surface area contributed by atoms with Crippen LogP contribution in [-0.2, 0) is 41.3 Å². The molecule has 248 valence electrons. The zero-order valence-electron chi connectivity index (χ0n) is 28.0. The second-order valence-corrected chi connectivity index (χ2v) is 13.7. The molecule has 48 heavy (non-hydrogen) atoms. The number of hydrogen-bond donors (Lipinski definition) is 2. The third-order valence-corrected chi connectivity index (χ3v) is 10.2. The number of anilines is 1. The summed E-state index contributed by atoms with van der Waals surface area (Å²) in [4.78, 5) is 54.4. The molecule has 2 atom stereocenters. The van der Waals surface area contributed by atoms with Crippen LogP contribution in [0, 0.1) is 6.92 Å². The van der Waals surface area contributed by atoms with Gasteiger partial charge >= 0.3 is 0 Å². The molecule has 0 unspecified atom stereocenters. The van der Waals surface area contributed by atoms with Gasteiger partial charge in [0.25, 0.3) is 5.91 Å². The molecule has 5 bridgehead atoms. The third-order valence-electron chi connectivity index (χ3n) is 10.2. The second-order valence-electron chi connectivity index (χ2n) is 13.7. The number of aromatic nitrogens is 4. The van der Waals surface area contributed by atoms with Gasteiger partial charge in [-0.2, -0.15) is 5.10 Å². The van der Waals surface area contributed by atoms with E-state index in [1.807, 2.05) is 38.0 Å². The lowest BCUT2D eigenvalue weighted by Gasteiger charge is -2.25. The molecule has 11 nitrogen and oxygen atoms in total. The van der Waals surface area contributed by atoms with Crippen molar-refractivity contribution in [3.63, 3.8) is 0 Å². The normalized spacial score (nSPS) is 22.8. The SMILES string of the molecule is Cc1cc(C[C@H]2NC(=O)c3cc4c(cn3)C[C@@]3(C4)C(=O)Nc4ncc(cc43)/C=C/CN(C)CCCCCN(C)C2=O)cc2cnn(C)c12. The molecule has 3 amide bonds. The van der Waals surface area contributed by atoms with Crippen molar-refractivity contribution in [2.75, 3.05) is 39.0 Å².